The molecular weight excluding hydrogens is 275 g/mol. The van der Waals surface area contributed by atoms with E-state index in [0.717, 1.165) is 17.6 Å². The first-order chi connectivity index (χ1) is 9.08. The molecule has 0 N–H and O–H groups in total. The number of hydrogen-bond donors (Lipinski definition) is 0. The maximum Gasteiger partial charge on any atom is 0.157 e. The summed E-state index contributed by atoms with van der Waals surface area (Å²) in [5.74, 6) is 2.09. The third-order valence-electron chi connectivity index (χ3n) is 4.15. The van der Waals surface area contributed by atoms with Gasteiger partial charge in [-0.3, -0.25) is 0 Å². The van der Waals surface area contributed by atoms with Crippen LogP contribution < -0.4 is 5.30 Å². The summed E-state index contributed by atoms with van der Waals surface area (Å²) in [7, 11) is -0.997. The Kier molecular flexibility index (Phi) is 5.69. The topological polar surface area (TPSA) is 9.23 Å². The van der Waals surface area contributed by atoms with Crippen LogP contribution in [0.3, 0.4) is 0 Å². The summed E-state index contributed by atoms with van der Waals surface area (Å²) < 4.78 is 6.25. The lowest BCUT2D eigenvalue weighted by Gasteiger charge is -2.37. The van der Waals surface area contributed by atoms with Crippen LogP contribution in [-0.4, -0.2) is 6.10 Å². The van der Waals surface area contributed by atoms with Crippen LogP contribution in [0.15, 0.2) is 30.3 Å². The Labute approximate surface area is 123 Å². The summed E-state index contributed by atoms with van der Waals surface area (Å²) in [5.41, 5.74) is 0. The summed E-state index contributed by atoms with van der Waals surface area (Å²) in [6.45, 7) is 6.93. The second-order valence-corrected chi connectivity index (χ2v) is 8.19. The van der Waals surface area contributed by atoms with E-state index >= 15 is 0 Å². The molecule has 0 saturated heterocycles. The van der Waals surface area contributed by atoms with Gasteiger partial charge in [0, 0.05) is 5.30 Å². The monoisotopic (exact) mass is 298 g/mol. The quantitative estimate of drug-likeness (QED) is 0.682. The third kappa shape index (κ3) is 4.18. The van der Waals surface area contributed by atoms with Crippen molar-refractivity contribution in [2.24, 2.45) is 17.8 Å². The normalized spacial score (nSPS) is 29.4. The molecule has 3 heteroatoms. The maximum absolute atomic E-state index is 6.50. The number of hydrogen-bond acceptors (Lipinski definition) is 1. The van der Waals surface area contributed by atoms with E-state index < -0.39 is 7.50 Å². The van der Waals surface area contributed by atoms with E-state index in [2.05, 4.69) is 32.9 Å². The Morgan fingerprint density at radius 2 is 1.89 bits per heavy atom. The second-order valence-electron chi connectivity index (χ2n) is 6.05. The molecule has 4 unspecified atom stereocenters. The molecule has 0 heterocycles. The van der Waals surface area contributed by atoms with E-state index in [-0.39, 0.29) is 0 Å². The largest absolute Gasteiger partial charge is 0.336 e. The summed E-state index contributed by atoms with van der Waals surface area (Å²) in [4.78, 5) is 0. The number of benzene rings is 1. The molecule has 1 aromatic rings. The smallest absolute Gasteiger partial charge is 0.157 e. The van der Waals surface area contributed by atoms with Crippen LogP contribution in [0.4, 0.5) is 0 Å². The summed E-state index contributed by atoms with van der Waals surface area (Å²) in [6, 6.07) is 10.2. The standard InChI is InChI=1S/C16H24ClOP/c1-12(2)15-10-9-13(3)11-16(15)18-19(17)14-7-5-4-6-8-14/h4-8,12-13,15-16H,9-11H2,1-3H3. The maximum atomic E-state index is 6.50. The Hall–Kier alpha value is -0.100. The molecule has 1 saturated carbocycles. The molecule has 1 aromatic carbocycles. The Balaban J connectivity index is 2.02. The highest BCUT2D eigenvalue weighted by atomic mass is 35.7. The molecule has 1 aliphatic carbocycles. The molecular formula is C16H24ClOP. The predicted octanol–water partition coefficient (Wildman–Crippen LogP) is 5.34. The van der Waals surface area contributed by atoms with Gasteiger partial charge in [0.2, 0.25) is 0 Å². The van der Waals surface area contributed by atoms with E-state index in [9.17, 15) is 0 Å². The summed E-state index contributed by atoms with van der Waals surface area (Å²) >= 11 is 6.50. The van der Waals surface area contributed by atoms with Crippen LogP contribution in [0.1, 0.15) is 40.0 Å². The summed E-state index contributed by atoms with van der Waals surface area (Å²) in [6.07, 6.45) is 4.08. The lowest BCUT2D eigenvalue weighted by molar-refractivity contribution is 0.0583. The van der Waals surface area contributed by atoms with Gasteiger partial charge in [-0.05, 0) is 30.6 Å². The van der Waals surface area contributed by atoms with Gasteiger partial charge in [0.15, 0.2) is 7.50 Å². The minimum absolute atomic E-state index is 0.326. The van der Waals surface area contributed by atoms with Crippen molar-refractivity contribution in [2.75, 3.05) is 0 Å². The molecule has 1 fully saturated rings. The van der Waals surface area contributed by atoms with Crippen LogP contribution in [0.25, 0.3) is 0 Å². The zero-order valence-electron chi connectivity index (χ0n) is 12.1. The molecule has 0 aromatic heterocycles. The Morgan fingerprint density at radius 3 is 2.53 bits per heavy atom. The molecule has 0 spiro atoms. The van der Waals surface area contributed by atoms with Crippen molar-refractivity contribution in [1.29, 1.82) is 0 Å². The van der Waals surface area contributed by atoms with E-state index in [1.165, 1.54) is 12.8 Å². The number of rotatable bonds is 4. The van der Waals surface area contributed by atoms with Gasteiger partial charge in [-0.1, -0.05) is 68.8 Å². The fourth-order valence-corrected chi connectivity index (χ4v) is 4.61. The molecule has 106 valence electrons. The molecule has 1 nitrogen and oxygen atoms in total. The lowest BCUT2D eigenvalue weighted by atomic mass is 9.75. The third-order valence-corrected chi connectivity index (χ3v) is 6.13. The molecule has 0 aliphatic heterocycles. The van der Waals surface area contributed by atoms with Crippen molar-refractivity contribution < 1.29 is 4.52 Å². The lowest BCUT2D eigenvalue weighted by Crippen LogP contribution is -2.33. The zero-order chi connectivity index (χ0) is 13.8. The molecule has 19 heavy (non-hydrogen) atoms. The van der Waals surface area contributed by atoms with Crippen LogP contribution in [0.5, 0.6) is 0 Å². The van der Waals surface area contributed by atoms with Crippen molar-refractivity contribution in [3.63, 3.8) is 0 Å². The van der Waals surface area contributed by atoms with E-state index in [1.54, 1.807) is 0 Å². The van der Waals surface area contributed by atoms with E-state index in [1.807, 2.05) is 18.2 Å². The van der Waals surface area contributed by atoms with Gasteiger partial charge in [-0.2, -0.15) is 0 Å². The van der Waals surface area contributed by atoms with Gasteiger partial charge in [-0.15, -0.1) is 0 Å². The Bertz CT molecular complexity index is 382. The van der Waals surface area contributed by atoms with E-state index in [0.29, 0.717) is 17.9 Å². The first-order valence-electron chi connectivity index (χ1n) is 7.25. The molecule has 0 radical (unpaired) electrons. The second kappa shape index (κ2) is 7.07. The van der Waals surface area contributed by atoms with Crippen molar-refractivity contribution in [3.8, 4) is 0 Å². The van der Waals surface area contributed by atoms with Crippen LogP contribution in [0, 0.1) is 17.8 Å². The molecule has 0 bridgehead atoms. The summed E-state index contributed by atoms with van der Waals surface area (Å²) in [5, 5.41) is 1.12. The van der Waals surface area contributed by atoms with Crippen LogP contribution in [0.2, 0.25) is 0 Å². The average Bonchev–Trinajstić information content (AvgIpc) is 2.39. The van der Waals surface area contributed by atoms with E-state index in [4.69, 9.17) is 15.8 Å². The zero-order valence-corrected chi connectivity index (χ0v) is 13.7. The molecule has 0 amide bonds. The van der Waals surface area contributed by atoms with Gasteiger partial charge in [-0.25, -0.2) is 0 Å². The van der Waals surface area contributed by atoms with Gasteiger partial charge >= 0.3 is 0 Å². The van der Waals surface area contributed by atoms with Gasteiger partial charge < -0.3 is 4.52 Å². The fraction of sp³-hybridized carbons (Fsp3) is 0.625. The van der Waals surface area contributed by atoms with Crippen molar-refractivity contribution in [2.45, 2.75) is 46.1 Å². The predicted molar refractivity (Wildman–Crippen MR) is 85.1 cm³/mol. The number of halogens is 1. The molecule has 1 aliphatic rings. The minimum Gasteiger partial charge on any atom is -0.336 e. The minimum atomic E-state index is -0.997. The fourth-order valence-electron chi connectivity index (χ4n) is 2.96. The van der Waals surface area contributed by atoms with Crippen molar-refractivity contribution in [1.82, 2.24) is 0 Å². The SMILES string of the molecule is CC1CCC(C(C)C)C(OP(Cl)c2ccccc2)C1. The molecule has 2 rings (SSSR count). The molecule has 4 atom stereocenters. The van der Waals surface area contributed by atoms with Gasteiger partial charge in [0.1, 0.15) is 0 Å². The first-order valence-corrected chi connectivity index (χ1v) is 9.42. The highest BCUT2D eigenvalue weighted by molar-refractivity contribution is 7.86. The van der Waals surface area contributed by atoms with Crippen LogP contribution >= 0.6 is 18.7 Å². The van der Waals surface area contributed by atoms with Gasteiger partial charge in [0.25, 0.3) is 0 Å². The van der Waals surface area contributed by atoms with Crippen molar-refractivity contribution >= 4 is 24.0 Å². The highest BCUT2D eigenvalue weighted by Gasteiger charge is 2.33. The van der Waals surface area contributed by atoms with Crippen molar-refractivity contribution in [3.05, 3.63) is 30.3 Å². The average molecular weight is 299 g/mol. The van der Waals surface area contributed by atoms with Gasteiger partial charge in [0.05, 0.1) is 6.10 Å². The first kappa shape index (κ1) is 15.3. The Morgan fingerprint density at radius 1 is 1.21 bits per heavy atom. The highest BCUT2D eigenvalue weighted by Crippen LogP contribution is 2.47. The van der Waals surface area contributed by atoms with Crippen LogP contribution in [-0.2, 0) is 4.52 Å².